The van der Waals surface area contributed by atoms with Crippen molar-refractivity contribution in [2.75, 3.05) is 18.5 Å². The van der Waals surface area contributed by atoms with Crippen molar-refractivity contribution in [3.63, 3.8) is 0 Å². The van der Waals surface area contributed by atoms with Crippen LogP contribution in [0.2, 0.25) is 0 Å². The smallest absolute Gasteiger partial charge is 0.251 e. The molecule has 1 aromatic rings. The van der Waals surface area contributed by atoms with Gasteiger partial charge in [-0.15, -0.1) is 0 Å². The SMILES string of the molecule is Cc1c(NC(C)CC2CCCC2)cccc1C(=O)NCCO. The molecule has 2 rings (SSSR count). The van der Waals surface area contributed by atoms with Gasteiger partial charge in [-0.1, -0.05) is 31.7 Å². The van der Waals surface area contributed by atoms with E-state index in [4.69, 9.17) is 5.11 Å². The predicted molar refractivity (Wildman–Crippen MR) is 90.3 cm³/mol. The largest absolute Gasteiger partial charge is 0.395 e. The molecule has 1 aromatic carbocycles. The molecule has 1 aliphatic rings. The van der Waals surface area contributed by atoms with E-state index in [2.05, 4.69) is 17.6 Å². The monoisotopic (exact) mass is 304 g/mol. The number of hydrogen-bond donors (Lipinski definition) is 3. The molecule has 0 aromatic heterocycles. The number of aliphatic hydroxyl groups excluding tert-OH is 1. The molecule has 1 saturated carbocycles. The third kappa shape index (κ3) is 4.47. The van der Waals surface area contributed by atoms with Crippen LogP contribution in [0.25, 0.3) is 0 Å². The Hall–Kier alpha value is -1.55. The van der Waals surface area contributed by atoms with Gasteiger partial charge >= 0.3 is 0 Å². The van der Waals surface area contributed by atoms with Gasteiger partial charge in [0.25, 0.3) is 5.91 Å². The number of hydrogen-bond acceptors (Lipinski definition) is 3. The van der Waals surface area contributed by atoms with Crippen molar-refractivity contribution in [3.05, 3.63) is 29.3 Å². The van der Waals surface area contributed by atoms with Crippen molar-refractivity contribution in [1.82, 2.24) is 5.32 Å². The third-order valence-electron chi connectivity index (χ3n) is 4.54. The summed E-state index contributed by atoms with van der Waals surface area (Å²) in [5.41, 5.74) is 2.67. The van der Waals surface area contributed by atoms with E-state index < -0.39 is 0 Å². The molecule has 4 heteroatoms. The number of rotatable bonds is 7. The van der Waals surface area contributed by atoms with Crippen LogP contribution < -0.4 is 10.6 Å². The van der Waals surface area contributed by atoms with Gasteiger partial charge < -0.3 is 15.7 Å². The first-order valence-electron chi connectivity index (χ1n) is 8.37. The lowest BCUT2D eigenvalue weighted by Crippen LogP contribution is -2.27. The van der Waals surface area contributed by atoms with Gasteiger partial charge in [-0.2, -0.15) is 0 Å². The van der Waals surface area contributed by atoms with E-state index in [9.17, 15) is 4.79 Å². The van der Waals surface area contributed by atoms with E-state index in [0.717, 1.165) is 17.2 Å². The summed E-state index contributed by atoms with van der Waals surface area (Å²) in [5, 5.41) is 15.1. The lowest BCUT2D eigenvalue weighted by molar-refractivity contribution is 0.0944. The zero-order chi connectivity index (χ0) is 15.9. The third-order valence-corrected chi connectivity index (χ3v) is 4.54. The molecule has 0 saturated heterocycles. The Labute approximate surface area is 133 Å². The summed E-state index contributed by atoms with van der Waals surface area (Å²) in [6.07, 6.45) is 6.65. The fourth-order valence-corrected chi connectivity index (χ4v) is 3.37. The molecule has 122 valence electrons. The predicted octanol–water partition coefficient (Wildman–Crippen LogP) is 3.10. The Morgan fingerprint density at radius 2 is 2.09 bits per heavy atom. The number of anilines is 1. The Morgan fingerprint density at radius 1 is 1.36 bits per heavy atom. The number of amides is 1. The van der Waals surface area contributed by atoms with E-state index in [0.29, 0.717) is 11.6 Å². The molecule has 4 nitrogen and oxygen atoms in total. The summed E-state index contributed by atoms with van der Waals surface area (Å²) in [6, 6.07) is 6.18. The Kier molecular flexibility index (Phi) is 6.25. The molecule has 0 spiro atoms. The molecule has 0 aliphatic heterocycles. The lowest BCUT2D eigenvalue weighted by Gasteiger charge is -2.21. The molecular formula is C18H28N2O2. The van der Waals surface area contributed by atoms with Crippen LogP contribution in [0.15, 0.2) is 18.2 Å². The number of aliphatic hydroxyl groups is 1. The zero-order valence-corrected chi connectivity index (χ0v) is 13.7. The first-order valence-corrected chi connectivity index (χ1v) is 8.37. The fourth-order valence-electron chi connectivity index (χ4n) is 3.37. The van der Waals surface area contributed by atoms with Crippen LogP contribution in [0.5, 0.6) is 0 Å². The molecule has 1 fully saturated rings. The van der Waals surface area contributed by atoms with E-state index in [1.165, 1.54) is 32.1 Å². The quantitative estimate of drug-likeness (QED) is 0.725. The van der Waals surface area contributed by atoms with Crippen LogP contribution in [0, 0.1) is 12.8 Å². The molecule has 0 radical (unpaired) electrons. The van der Waals surface area contributed by atoms with Crippen LogP contribution in [0.3, 0.4) is 0 Å². The second kappa shape index (κ2) is 8.18. The normalized spacial score (nSPS) is 16.5. The van der Waals surface area contributed by atoms with E-state index >= 15 is 0 Å². The molecule has 1 amide bonds. The number of benzene rings is 1. The van der Waals surface area contributed by atoms with Gasteiger partial charge in [0.1, 0.15) is 0 Å². The highest BCUT2D eigenvalue weighted by Gasteiger charge is 2.18. The molecule has 22 heavy (non-hydrogen) atoms. The Bertz CT molecular complexity index is 496. The zero-order valence-electron chi connectivity index (χ0n) is 13.7. The van der Waals surface area contributed by atoms with Gasteiger partial charge in [0.05, 0.1) is 6.61 Å². The highest BCUT2D eigenvalue weighted by molar-refractivity contribution is 5.97. The van der Waals surface area contributed by atoms with Crippen LogP contribution in [0.4, 0.5) is 5.69 Å². The average Bonchev–Trinajstić information content (AvgIpc) is 2.99. The summed E-state index contributed by atoms with van der Waals surface area (Å²) in [6.45, 7) is 4.43. The minimum atomic E-state index is -0.126. The fraction of sp³-hybridized carbons (Fsp3) is 0.611. The molecule has 1 aliphatic carbocycles. The summed E-state index contributed by atoms with van der Waals surface area (Å²) in [7, 11) is 0. The van der Waals surface area contributed by atoms with Crippen LogP contribution in [-0.4, -0.2) is 30.2 Å². The topological polar surface area (TPSA) is 61.4 Å². The number of nitrogens with one attached hydrogen (secondary N) is 2. The molecule has 0 heterocycles. The summed E-state index contributed by atoms with van der Waals surface area (Å²) < 4.78 is 0. The Morgan fingerprint density at radius 3 is 2.77 bits per heavy atom. The maximum Gasteiger partial charge on any atom is 0.251 e. The van der Waals surface area contributed by atoms with Crippen molar-refractivity contribution in [2.24, 2.45) is 5.92 Å². The number of carbonyl (C=O) groups excluding carboxylic acids is 1. The molecule has 1 unspecified atom stereocenters. The molecule has 3 N–H and O–H groups in total. The van der Waals surface area contributed by atoms with Crippen molar-refractivity contribution in [2.45, 2.75) is 52.0 Å². The van der Waals surface area contributed by atoms with E-state index in [-0.39, 0.29) is 19.1 Å². The maximum atomic E-state index is 12.1. The molecule has 0 bridgehead atoms. The molecule has 1 atom stereocenters. The van der Waals surface area contributed by atoms with E-state index in [1.54, 1.807) is 0 Å². The van der Waals surface area contributed by atoms with Gasteiger partial charge in [0.2, 0.25) is 0 Å². The van der Waals surface area contributed by atoms with Gasteiger partial charge in [-0.3, -0.25) is 4.79 Å². The highest BCUT2D eigenvalue weighted by atomic mass is 16.3. The van der Waals surface area contributed by atoms with E-state index in [1.807, 2.05) is 25.1 Å². The second-order valence-electron chi connectivity index (χ2n) is 6.39. The standard InChI is InChI=1S/C18H28N2O2/c1-13(12-15-6-3-4-7-15)20-17-9-5-8-16(14(17)2)18(22)19-10-11-21/h5,8-9,13,15,20-21H,3-4,6-7,10-12H2,1-2H3,(H,19,22). The van der Waals surface area contributed by atoms with Crippen molar-refractivity contribution >= 4 is 11.6 Å². The van der Waals surface area contributed by atoms with Crippen LogP contribution in [0.1, 0.15) is 54.9 Å². The van der Waals surface area contributed by atoms with Crippen molar-refractivity contribution < 1.29 is 9.90 Å². The summed E-state index contributed by atoms with van der Waals surface area (Å²) >= 11 is 0. The lowest BCUT2D eigenvalue weighted by atomic mass is 9.98. The first-order chi connectivity index (χ1) is 10.6. The first kappa shape index (κ1) is 16.8. The van der Waals surface area contributed by atoms with Crippen molar-refractivity contribution in [3.8, 4) is 0 Å². The summed E-state index contributed by atoms with van der Waals surface area (Å²) in [5.74, 6) is 0.720. The van der Waals surface area contributed by atoms with Gasteiger partial charge in [0.15, 0.2) is 0 Å². The van der Waals surface area contributed by atoms with Crippen molar-refractivity contribution in [1.29, 1.82) is 0 Å². The minimum Gasteiger partial charge on any atom is -0.395 e. The maximum absolute atomic E-state index is 12.1. The summed E-state index contributed by atoms with van der Waals surface area (Å²) in [4.78, 5) is 12.1. The second-order valence-corrected chi connectivity index (χ2v) is 6.39. The number of carbonyl (C=O) groups is 1. The average molecular weight is 304 g/mol. The van der Waals surface area contributed by atoms with Gasteiger partial charge in [0, 0.05) is 23.8 Å². The minimum absolute atomic E-state index is 0.0405. The molecular weight excluding hydrogens is 276 g/mol. The van der Waals surface area contributed by atoms with Crippen LogP contribution >= 0.6 is 0 Å². The van der Waals surface area contributed by atoms with Gasteiger partial charge in [-0.05, 0) is 43.9 Å². The Balaban J connectivity index is 1.99. The van der Waals surface area contributed by atoms with Crippen LogP contribution in [-0.2, 0) is 0 Å². The highest BCUT2D eigenvalue weighted by Crippen LogP contribution is 2.30. The van der Waals surface area contributed by atoms with Gasteiger partial charge in [-0.25, -0.2) is 0 Å².